The van der Waals surface area contributed by atoms with E-state index in [0.717, 1.165) is 5.56 Å². The van der Waals surface area contributed by atoms with Crippen LogP contribution in [0.4, 0.5) is 17.2 Å². The van der Waals surface area contributed by atoms with E-state index in [1.165, 1.54) is 19.4 Å². The minimum Gasteiger partial charge on any atom is -0.495 e. The predicted molar refractivity (Wildman–Crippen MR) is 81.0 cm³/mol. The van der Waals surface area contributed by atoms with Crippen LogP contribution >= 0.6 is 0 Å². The number of aryl methyl sites for hydroxylation is 1. The third-order valence-electron chi connectivity index (χ3n) is 2.92. The van der Waals surface area contributed by atoms with Crippen molar-refractivity contribution in [3.8, 4) is 5.75 Å². The fraction of sp³-hybridized carbons (Fsp3) is 0.200. The molecule has 0 atom stereocenters. The van der Waals surface area contributed by atoms with Crippen molar-refractivity contribution in [1.29, 1.82) is 0 Å². The highest BCUT2D eigenvalue weighted by molar-refractivity contribution is 5.96. The van der Waals surface area contributed by atoms with Crippen LogP contribution in [0.25, 0.3) is 0 Å². The molecule has 0 unspecified atom stereocenters. The predicted octanol–water partition coefficient (Wildman–Crippen LogP) is 2.51. The van der Waals surface area contributed by atoms with Crippen molar-refractivity contribution < 1.29 is 14.3 Å². The fourth-order valence-corrected chi connectivity index (χ4v) is 1.89. The number of esters is 1. The van der Waals surface area contributed by atoms with Gasteiger partial charge in [-0.2, -0.15) is 0 Å². The molecule has 0 aliphatic heterocycles. The Morgan fingerprint density at radius 1 is 1.29 bits per heavy atom. The first-order valence-corrected chi connectivity index (χ1v) is 6.30. The number of nitrogens with two attached hydrogens (primary N) is 1. The van der Waals surface area contributed by atoms with Crippen molar-refractivity contribution in [3.05, 3.63) is 41.6 Å². The normalized spacial score (nSPS) is 10.0. The van der Waals surface area contributed by atoms with Crippen LogP contribution in [0.2, 0.25) is 0 Å². The lowest BCUT2D eigenvalue weighted by molar-refractivity contribution is 0.0601. The SMILES string of the molecule is COC(=O)c1cc(N)cnc1Nc1cc(C)ccc1OC. The van der Waals surface area contributed by atoms with Crippen LogP contribution in [0.5, 0.6) is 5.75 Å². The van der Waals surface area contributed by atoms with Gasteiger partial charge in [0, 0.05) is 0 Å². The number of anilines is 3. The van der Waals surface area contributed by atoms with E-state index in [1.54, 1.807) is 7.11 Å². The molecule has 0 fully saturated rings. The van der Waals surface area contributed by atoms with Crippen LogP contribution in [0.1, 0.15) is 15.9 Å². The molecule has 0 saturated carbocycles. The molecule has 6 heteroatoms. The molecule has 0 aliphatic rings. The van der Waals surface area contributed by atoms with Crippen LogP contribution in [-0.4, -0.2) is 25.2 Å². The number of nitrogens with one attached hydrogen (secondary N) is 1. The van der Waals surface area contributed by atoms with Gasteiger partial charge in [-0.3, -0.25) is 0 Å². The maximum Gasteiger partial charge on any atom is 0.341 e. The minimum absolute atomic E-state index is 0.265. The van der Waals surface area contributed by atoms with Crippen LogP contribution < -0.4 is 15.8 Å². The molecular weight excluding hydrogens is 270 g/mol. The zero-order valence-electron chi connectivity index (χ0n) is 12.1. The molecule has 1 heterocycles. The lowest BCUT2D eigenvalue weighted by Gasteiger charge is -2.14. The smallest absolute Gasteiger partial charge is 0.341 e. The summed E-state index contributed by atoms with van der Waals surface area (Å²) in [6.45, 7) is 1.96. The molecule has 2 aromatic rings. The third kappa shape index (κ3) is 3.22. The zero-order valence-corrected chi connectivity index (χ0v) is 12.1. The second-order valence-electron chi connectivity index (χ2n) is 4.49. The van der Waals surface area contributed by atoms with Crippen molar-refractivity contribution in [1.82, 2.24) is 4.98 Å². The zero-order chi connectivity index (χ0) is 15.4. The van der Waals surface area contributed by atoms with Crippen LogP contribution in [-0.2, 0) is 4.74 Å². The van der Waals surface area contributed by atoms with Gasteiger partial charge in [-0.1, -0.05) is 6.07 Å². The highest BCUT2D eigenvalue weighted by Crippen LogP contribution is 2.29. The van der Waals surface area contributed by atoms with E-state index >= 15 is 0 Å². The van der Waals surface area contributed by atoms with Gasteiger partial charge >= 0.3 is 5.97 Å². The molecule has 1 aromatic carbocycles. The monoisotopic (exact) mass is 287 g/mol. The Kier molecular flexibility index (Phi) is 4.27. The fourth-order valence-electron chi connectivity index (χ4n) is 1.89. The van der Waals surface area contributed by atoms with Gasteiger partial charge in [-0.05, 0) is 30.7 Å². The molecule has 3 N–H and O–H groups in total. The van der Waals surface area contributed by atoms with E-state index in [4.69, 9.17) is 15.2 Å². The summed E-state index contributed by atoms with van der Waals surface area (Å²) in [6.07, 6.45) is 1.47. The summed E-state index contributed by atoms with van der Waals surface area (Å²) in [5, 5.41) is 3.08. The maximum absolute atomic E-state index is 11.8. The standard InChI is InChI=1S/C15H17N3O3/c1-9-4-5-13(20-2)12(6-9)18-14-11(15(19)21-3)7-10(16)8-17-14/h4-8H,16H2,1-3H3,(H,17,18). The molecule has 0 spiro atoms. The summed E-state index contributed by atoms with van der Waals surface area (Å²) in [5.41, 5.74) is 8.08. The minimum atomic E-state index is -0.510. The number of rotatable bonds is 4. The van der Waals surface area contributed by atoms with Crippen molar-refractivity contribution in [3.63, 3.8) is 0 Å². The van der Waals surface area contributed by atoms with E-state index in [2.05, 4.69) is 10.3 Å². The van der Waals surface area contributed by atoms with E-state index < -0.39 is 5.97 Å². The third-order valence-corrected chi connectivity index (χ3v) is 2.92. The topological polar surface area (TPSA) is 86.5 Å². The van der Waals surface area contributed by atoms with Gasteiger partial charge in [0.2, 0.25) is 0 Å². The second kappa shape index (κ2) is 6.13. The van der Waals surface area contributed by atoms with Gasteiger partial charge in [0.1, 0.15) is 17.1 Å². The Labute approximate surface area is 122 Å². The Balaban J connectivity index is 2.44. The molecule has 0 amide bonds. The molecule has 0 saturated heterocycles. The first-order valence-electron chi connectivity index (χ1n) is 6.30. The molecule has 0 aliphatic carbocycles. The van der Waals surface area contributed by atoms with Gasteiger partial charge < -0.3 is 20.5 Å². The number of carbonyl (C=O) groups is 1. The molecule has 21 heavy (non-hydrogen) atoms. The summed E-state index contributed by atoms with van der Waals surface area (Å²) in [5.74, 6) is 0.499. The van der Waals surface area contributed by atoms with Crippen LogP contribution in [0.15, 0.2) is 30.5 Å². The van der Waals surface area contributed by atoms with E-state index in [1.807, 2.05) is 25.1 Å². The van der Waals surface area contributed by atoms with Crippen LogP contribution in [0, 0.1) is 6.92 Å². The molecule has 2 rings (SSSR count). The molecule has 0 bridgehead atoms. The molecule has 110 valence electrons. The number of aromatic nitrogens is 1. The molecule has 0 radical (unpaired) electrons. The highest BCUT2D eigenvalue weighted by Gasteiger charge is 2.15. The number of nitrogen functional groups attached to an aromatic ring is 1. The van der Waals surface area contributed by atoms with Crippen molar-refractivity contribution >= 4 is 23.2 Å². The van der Waals surface area contributed by atoms with Gasteiger partial charge in [-0.15, -0.1) is 0 Å². The molecular formula is C15H17N3O3. The number of pyridine rings is 1. The summed E-state index contributed by atoms with van der Waals surface area (Å²) in [4.78, 5) is 16.0. The number of carbonyl (C=O) groups excluding carboxylic acids is 1. The average Bonchev–Trinajstić information content (AvgIpc) is 2.48. The Bertz CT molecular complexity index is 671. The molecule has 6 nitrogen and oxygen atoms in total. The highest BCUT2D eigenvalue weighted by atomic mass is 16.5. The van der Waals surface area contributed by atoms with Gasteiger partial charge in [0.25, 0.3) is 0 Å². The number of hydrogen-bond donors (Lipinski definition) is 2. The quantitative estimate of drug-likeness (QED) is 0.840. The van der Waals surface area contributed by atoms with Crippen molar-refractivity contribution in [2.75, 3.05) is 25.3 Å². The second-order valence-corrected chi connectivity index (χ2v) is 4.49. The van der Waals surface area contributed by atoms with Crippen molar-refractivity contribution in [2.24, 2.45) is 0 Å². The number of ether oxygens (including phenoxy) is 2. The number of methoxy groups -OCH3 is 2. The Hall–Kier alpha value is -2.76. The van der Waals surface area contributed by atoms with Gasteiger partial charge in [-0.25, -0.2) is 9.78 Å². The summed E-state index contributed by atoms with van der Waals surface area (Å²) >= 11 is 0. The van der Waals surface area contributed by atoms with Crippen molar-refractivity contribution in [2.45, 2.75) is 6.92 Å². The lowest BCUT2D eigenvalue weighted by atomic mass is 10.2. The summed E-state index contributed by atoms with van der Waals surface area (Å²) in [6, 6.07) is 7.19. The Morgan fingerprint density at radius 2 is 2.05 bits per heavy atom. The molecule has 1 aromatic heterocycles. The number of hydrogen-bond acceptors (Lipinski definition) is 6. The van der Waals surface area contributed by atoms with E-state index in [-0.39, 0.29) is 5.56 Å². The summed E-state index contributed by atoms with van der Waals surface area (Å²) in [7, 11) is 2.88. The van der Waals surface area contributed by atoms with E-state index in [9.17, 15) is 4.79 Å². The first kappa shape index (κ1) is 14.6. The van der Waals surface area contributed by atoms with Crippen LogP contribution in [0.3, 0.4) is 0 Å². The largest absolute Gasteiger partial charge is 0.495 e. The maximum atomic E-state index is 11.8. The van der Waals surface area contributed by atoms with Gasteiger partial charge in [0.15, 0.2) is 0 Å². The number of nitrogens with zero attached hydrogens (tertiary/aromatic N) is 1. The summed E-state index contributed by atoms with van der Waals surface area (Å²) < 4.78 is 10.0. The Morgan fingerprint density at radius 3 is 2.71 bits per heavy atom. The van der Waals surface area contributed by atoms with E-state index in [0.29, 0.717) is 22.9 Å². The average molecular weight is 287 g/mol. The van der Waals surface area contributed by atoms with Gasteiger partial charge in [0.05, 0.1) is 31.8 Å². The lowest BCUT2D eigenvalue weighted by Crippen LogP contribution is -2.09. The first-order chi connectivity index (χ1) is 10.0. The number of benzene rings is 1.